The van der Waals surface area contributed by atoms with E-state index < -0.39 is 97.5 Å². The highest BCUT2D eigenvalue weighted by molar-refractivity contribution is 7.47. The van der Waals surface area contributed by atoms with Crippen molar-refractivity contribution in [3.63, 3.8) is 0 Å². The van der Waals surface area contributed by atoms with Crippen LogP contribution in [0.1, 0.15) is 374 Å². The molecule has 17 nitrogen and oxygen atoms in total. The van der Waals surface area contributed by atoms with Gasteiger partial charge < -0.3 is 33.8 Å². The van der Waals surface area contributed by atoms with Crippen molar-refractivity contribution in [2.24, 2.45) is 0 Å². The third kappa shape index (κ3) is 71.4. The number of carbonyl (C=O) groups excluding carboxylic acids is 4. The molecule has 0 radical (unpaired) electrons. The molecule has 0 fully saturated rings. The summed E-state index contributed by atoms with van der Waals surface area (Å²) >= 11 is 0. The molecule has 5 atom stereocenters. The Kier molecular flexibility index (Phi) is 70.2. The van der Waals surface area contributed by atoms with Crippen molar-refractivity contribution in [3.05, 3.63) is 48.6 Å². The Labute approximate surface area is 597 Å². The van der Waals surface area contributed by atoms with Gasteiger partial charge in [0.15, 0.2) is 12.2 Å². The molecule has 0 saturated heterocycles. The van der Waals surface area contributed by atoms with Crippen molar-refractivity contribution in [3.8, 4) is 0 Å². The van der Waals surface area contributed by atoms with E-state index in [9.17, 15) is 43.2 Å². The second-order valence-electron chi connectivity index (χ2n) is 27.0. The molecule has 0 aliphatic carbocycles. The number of unbranched alkanes of at least 4 members (excludes halogenated alkanes) is 42. The number of hydrogen-bond donors (Lipinski definition) is 3. The number of rotatable bonds is 76. The highest BCUT2D eigenvalue weighted by atomic mass is 31.2. The fourth-order valence-corrected chi connectivity index (χ4v) is 12.7. The van der Waals surface area contributed by atoms with E-state index >= 15 is 0 Å². The summed E-state index contributed by atoms with van der Waals surface area (Å²) < 4.78 is 68.6. The number of phosphoric acid groups is 2. The van der Waals surface area contributed by atoms with Gasteiger partial charge in [0.2, 0.25) is 0 Å². The maximum atomic E-state index is 13.1. The number of phosphoric ester groups is 2. The van der Waals surface area contributed by atoms with Gasteiger partial charge in [0.25, 0.3) is 0 Å². The third-order valence-corrected chi connectivity index (χ3v) is 19.2. The lowest BCUT2D eigenvalue weighted by molar-refractivity contribution is -0.161. The summed E-state index contributed by atoms with van der Waals surface area (Å²) in [6.07, 6.45) is 69.4. The predicted octanol–water partition coefficient (Wildman–Crippen LogP) is 22.9. The van der Waals surface area contributed by atoms with Crippen LogP contribution in [0.15, 0.2) is 48.6 Å². The van der Waals surface area contributed by atoms with Crippen LogP contribution in [0.2, 0.25) is 0 Å². The molecule has 0 amide bonds. The van der Waals surface area contributed by atoms with Crippen molar-refractivity contribution < 1.29 is 80.2 Å². The highest BCUT2D eigenvalue weighted by Gasteiger charge is 2.30. The molecule has 0 rings (SSSR count). The van der Waals surface area contributed by atoms with Gasteiger partial charge in [-0.05, 0) is 89.9 Å². The van der Waals surface area contributed by atoms with E-state index in [1.165, 1.54) is 161 Å². The van der Waals surface area contributed by atoms with Gasteiger partial charge in [-0.3, -0.25) is 37.3 Å². The number of allylic oxidation sites excluding steroid dienone is 8. The van der Waals surface area contributed by atoms with Crippen LogP contribution in [0.5, 0.6) is 0 Å². The van der Waals surface area contributed by atoms with Crippen LogP contribution in [0.3, 0.4) is 0 Å². The zero-order chi connectivity index (χ0) is 71.8. The van der Waals surface area contributed by atoms with E-state index in [4.69, 9.17) is 37.0 Å². The van der Waals surface area contributed by atoms with Crippen molar-refractivity contribution in [1.82, 2.24) is 0 Å². The van der Waals surface area contributed by atoms with Crippen LogP contribution in [-0.4, -0.2) is 96.7 Å². The fourth-order valence-electron chi connectivity index (χ4n) is 11.2. The van der Waals surface area contributed by atoms with Crippen molar-refractivity contribution in [2.75, 3.05) is 39.6 Å². The first-order chi connectivity index (χ1) is 47.7. The molecule has 0 aromatic carbocycles. The van der Waals surface area contributed by atoms with Crippen molar-refractivity contribution >= 4 is 39.5 Å². The van der Waals surface area contributed by atoms with Gasteiger partial charge in [-0.2, -0.15) is 0 Å². The van der Waals surface area contributed by atoms with E-state index in [1.54, 1.807) is 0 Å². The zero-order valence-corrected chi connectivity index (χ0v) is 64.5. The predicted molar refractivity (Wildman–Crippen MR) is 400 cm³/mol. The largest absolute Gasteiger partial charge is 0.472 e. The number of aliphatic hydroxyl groups excluding tert-OH is 1. The van der Waals surface area contributed by atoms with Crippen LogP contribution in [0.25, 0.3) is 0 Å². The van der Waals surface area contributed by atoms with Gasteiger partial charge in [-0.1, -0.05) is 307 Å². The minimum Gasteiger partial charge on any atom is -0.462 e. The summed E-state index contributed by atoms with van der Waals surface area (Å²) in [6.45, 7) is 4.87. The maximum Gasteiger partial charge on any atom is 0.472 e. The highest BCUT2D eigenvalue weighted by Crippen LogP contribution is 2.45. The van der Waals surface area contributed by atoms with Gasteiger partial charge in [0.1, 0.15) is 19.3 Å². The van der Waals surface area contributed by atoms with Crippen LogP contribution >= 0.6 is 15.6 Å². The molecule has 0 aliphatic heterocycles. The standard InChI is InChI=1S/C79H146O17P2/c1-5-9-13-17-21-25-29-33-36-40-44-48-52-56-60-64-77(82)90-70-75(96-79(84)66-62-58-54-50-46-42-38-35-31-27-23-19-15-11-7-3)72-94-98(87,88)92-68-73(80)67-91-97(85,86)93-71-74(69-89-76(81)63-59-55-51-47-43-39-32-28-24-20-16-12-8-4)95-78(83)65-61-57-53-49-45-41-37-34-30-26-22-18-14-10-6-2/h21,23,25,27,33,35-36,38,73-75,80H,5-20,22,24,26,28-32,34,37,39-72H2,1-4H3,(H,85,86)(H,87,88)/b25-21-,27-23-,36-33-,38-35-/t73-,74+,75+/m0/s1. The number of ether oxygens (including phenoxy) is 4. The van der Waals surface area contributed by atoms with Gasteiger partial charge in [0.05, 0.1) is 26.4 Å². The Morgan fingerprint density at radius 1 is 0.286 bits per heavy atom. The molecule has 574 valence electrons. The summed E-state index contributed by atoms with van der Waals surface area (Å²) in [5.41, 5.74) is 0. The average molecular weight is 1430 g/mol. The summed E-state index contributed by atoms with van der Waals surface area (Å²) in [5, 5.41) is 10.6. The molecule has 0 aromatic rings. The first kappa shape index (κ1) is 95.0. The number of aliphatic hydroxyl groups is 1. The fraction of sp³-hybridized carbons (Fsp3) is 0.848. The van der Waals surface area contributed by atoms with Crippen LogP contribution in [0.4, 0.5) is 0 Å². The Balaban J connectivity index is 5.33. The lowest BCUT2D eigenvalue weighted by atomic mass is 10.0. The SMILES string of the molecule is CCCCC/C=C\C/C=C\CCCCCCCC(=O)OC[C@H](COP(=O)(O)OC[C@@H](O)COP(=O)(O)OC[C@@H](COC(=O)CCCCCCCCCCCCCCC)OC(=O)CCCCCCCCCCCCCCCCC)OC(=O)CCCCCCC/C=C\C/C=C\CCCCC. The first-order valence-corrected chi connectivity index (χ1v) is 42.9. The molecule has 3 N–H and O–H groups in total. The van der Waals surface area contributed by atoms with E-state index in [1.807, 2.05) is 0 Å². The quantitative estimate of drug-likeness (QED) is 0.0169. The summed E-state index contributed by atoms with van der Waals surface area (Å²) in [4.78, 5) is 72.9. The van der Waals surface area contributed by atoms with Crippen LogP contribution in [-0.2, 0) is 65.4 Å². The number of hydrogen-bond acceptors (Lipinski definition) is 15. The van der Waals surface area contributed by atoms with Crippen molar-refractivity contribution in [1.29, 1.82) is 0 Å². The Morgan fingerprint density at radius 3 is 0.776 bits per heavy atom. The molecule has 0 aliphatic rings. The Hall–Kier alpha value is -2.98. The lowest BCUT2D eigenvalue weighted by Gasteiger charge is -2.21. The first-order valence-electron chi connectivity index (χ1n) is 39.9. The lowest BCUT2D eigenvalue weighted by Crippen LogP contribution is -2.30. The molecule has 2 unspecified atom stereocenters. The second kappa shape index (κ2) is 72.4. The molecular formula is C79H146O17P2. The van der Waals surface area contributed by atoms with E-state index in [0.29, 0.717) is 25.7 Å². The molecule has 0 heterocycles. The minimum absolute atomic E-state index is 0.0806. The average Bonchev–Trinajstić information content (AvgIpc) is 1.04. The third-order valence-electron chi connectivity index (χ3n) is 17.3. The maximum absolute atomic E-state index is 13.1. The molecule has 0 bridgehead atoms. The Bertz CT molecular complexity index is 2050. The summed E-state index contributed by atoms with van der Waals surface area (Å²) in [5.74, 6) is -2.16. The topological polar surface area (TPSA) is 237 Å². The van der Waals surface area contributed by atoms with E-state index in [-0.39, 0.29) is 25.7 Å². The molecule has 0 spiro atoms. The van der Waals surface area contributed by atoms with E-state index in [2.05, 4.69) is 76.3 Å². The molecule has 0 saturated carbocycles. The van der Waals surface area contributed by atoms with Gasteiger partial charge >= 0.3 is 39.5 Å². The van der Waals surface area contributed by atoms with Gasteiger partial charge in [-0.15, -0.1) is 0 Å². The molecule has 0 aromatic heterocycles. The van der Waals surface area contributed by atoms with E-state index in [0.717, 1.165) is 135 Å². The van der Waals surface area contributed by atoms with Gasteiger partial charge in [0, 0.05) is 25.7 Å². The smallest absolute Gasteiger partial charge is 0.462 e. The second-order valence-corrected chi connectivity index (χ2v) is 29.9. The normalized spacial score (nSPS) is 14.2. The zero-order valence-electron chi connectivity index (χ0n) is 62.7. The van der Waals surface area contributed by atoms with Crippen LogP contribution in [0, 0.1) is 0 Å². The Morgan fingerprint density at radius 2 is 0.500 bits per heavy atom. The summed E-state index contributed by atoms with van der Waals surface area (Å²) in [6, 6.07) is 0. The molecule has 19 heteroatoms. The van der Waals surface area contributed by atoms with Crippen molar-refractivity contribution in [2.45, 2.75) is 393 Å². The molecular weight excluding hydrogens is 1280 g/mol. The monoisotopic (exact) mass is 1430 g/mol. The minimum atomic E-state index is -4.97. The van der Waals surface area contributed by atoms with Gasteiger partial charge in [-0.25, -0.2) is 9.13 Å². The van der Waals surface area contributed by atoms with Crippen LogP contribution < -0.4 is 0 Å². The number of esters is 4. The molecule has 98 heavy (non-hydrogen) atoms. The summed E-state index contributed by atoms with van der Waals surface area (Å²) in [7, 11) is -9.94. The number of carbonyl (C=O) groups is 4.